The quantitative estimate of drug-likeness (QED) is 0.251. The lowest BCUT2D eigenvalue weighted by Gasteiger charge is -2.26. The predicted octanol–water partition coefficient (Wildman–Crippen LogP) is 5.99. The van der Waals surface area contributed by atoms with E-state index in [0.717, 1.165) is 4.90 Å². The van der Waals surface area contributed by atoms with Crippen molar-refractivity contribution in [2.45, 2.75) is 0 Å². The lowest BCUT2D eigenvalue weighted by molar-refractivity contribution is -0.122. The molecule has 39 heavy (non-hydrogen) atoms. The second-order valence-corrected chi connectivity index (χ2v) is 9.56. The zero-order valence-corrected chi connectivity index (χ0v) is 22.9. The minimum Gasteiger partial charge on any atom is -0.497 e. The van der Waals surface area contributed by atoms with Gasteiger partial charge in [0.05, 0.1) is 32.9 Å². The molecule has 0 radical (unpaired) electrons. The van der Waals surface area contributed by atoms with Gasteiger partial charge in [-0.25, -0.2) is 9.69 Å². The fourth-order valence-corrected chi connectivity index (χ4v) is 4.41. The monoisotopic (exact) mass is 607 g/mol. The van der Waals surface area contributed by atoms with E-state index in [-0.39, 0.29) is 37.6 Å². The third-order valence-electron chi connectivity index (χ3n) is 5.31. The highest BCUT2D eigenvalue weighted by atomic mass is 35.5. The summed E-state index contributed by atoms with van der Waals surface area (Å²) in [5.41, 5.74) is 0.595. The minimum absolute atomic E-state index is 0.0132. The number of methoxy groups -OCH3 is 1. The molecule has 13 heteroatoms. The number of benzene rings is 3. The summed E-state index contributed by atoms with van der Waals surface area (Å²) in [5, 5.41) is 5.38. The Kier molecular flexibility index (Phi) is 8.66. The molecule has 3 aromatic carbocycles. The van der Waals surface area contributed by atoms with E-state index < -0.39 is 30.4 Å². The van der Waals surface area contributed by atoms with Crippen molar-refractivity contribution in [3.63, 3.8) is 0 Å². The number of barbiturate groups is 1. The van der Waals surface area contributed by atoms with Gasteiger partial charge < -0.3 is 14.8 Å². The number of hydrogen-bond acceptors (Lipinski definition) is 6. The van der Waals surface area contributed by atoms with E-state index in [1.54, 1.807) is 18.2 Å². The molecular weight excluding hydrogens is 592 g/mol. The first kappa shape index (κ1) is 28.3. The molecule has 1 heterocycles. The first-order valence-corrected chi connectivity index (χ1v) is 12.5. The third-order valence-corrected chi connectivity index (χ3v) is 6.62. The second-order valence-electron chi connectivity index (χ2n) is 7.94. The van der Waals surface area contributed by atoms with Crippen LogP contribution in [-0.4, -0.2) is 37.5 Å². The summed E-state index contributed by atoms with van der Waals surface area (Å²) >= 11 is 24.5. The van der Waals surface area contributed by atoms with Gasteiger partial charge in [-0.3, -0.25) is 19.7 Å². The van der Waals surface area contributed by atoms with Crippen molar-refractivity contribution in [2.24, 2.45) is 0 Å². The van der Waals surface area contributed by atoms with Crippen LogP contribution in [0.25, 0.3) is 6.08 Å². The summed E-state index contributed by atoms with van der Waals surface area (Å²) in [6, 6.07) is 12.6. The summed E-state index contributed by atoms with van der Waals surface area (Å²) in [6.07, 6.45) is 1.24. The molecule has 0 bridgehead atoms. The molecule has 0 aromatic heterocycles. The van der Waals surface area contributed by atoms with Gasteiger partial charge in [0, 0.05) is 5.69 Å². The number of nitrogens with one attached hydrogen (secondary N) is 2. The maximum absolute atomic E-state index is 13.1. The number of urea groups is 1. The van der Waals surface area contributed by atoms with Crippen LogP contribution in [-0.2, 0) is 14.4 Å². The molecule has 4 rings (SSSR count). The largest absolute Gasteiger partial charge is 0.497 e. The van der Waals surface area contributed by atoms with Crippen molar-refractivity contribution < 1.29 is 28.7 Å². The molecule has 3 aromatic rings. The van der Waals surface area contributed by atoms with Crippen molar-refractivity contribution in [3.05, 3.63) is 85.8 Å². The van der Waals surface area contributed by atoms with Crippen molar-refractivity contribution >= 4 is 87.6 Å². The maximum atomic E-state index is 13.1. The summed E-state index contributed by atoms with van der Waals surface area (Å²) in [5.74, 6) is -1.71. The molecule has 9 nitrogen and oxygen atoms in total. The Morgan fingerprint density at radius 1 is 0.923 bits per heavy atom. The van der Waals surface area contributed by atoms with E-state index >= 15 is 0 Å². The van der Waals surface area contributed by atoms with Crippen LogP contribution in [0, 0.1) is 0 Å². The number of anilines is 2. The van der Waals surface area contributed by atoms with Gasteiger partial charge in [-0.1, -0.05) is 46.4 Å². The smallest absolute Gasteiger partial charge is 0.335 e. The fourth-order valence-electron chi connectivity index (χ4n) is 3.50. The van der Waals surface area contributed by atoms with Crippen LogP contribution in [0.1, 0.15) is 5.56 Å². The van der Waals surface area contributed by atoms with Crippen LogP contribution in [0.2, 0.25) is 20.1 Å². The van der Waals surface area contributed by atoms with Gasteiger partial charge in [0.25, 0.3) is 17.7 Å². The SMILES string of the molecule is COc1ccc(N2C(=O)NC(=O)/C(=C\c3cc(Cl)c(OCC(=O)Nc4ccc(Cl)c(Cl)c4)c(Cl)c3)C2=O)cc1. The topological polar surface area (TPSA) is 114 Å². The van der Waals surface area contributed by atoms with Gasteiger partial charge >= 0.3 is 6.03 Å². The lowest BCUT2D eigenvalue weighted by atomic mass is 10.1. The van der Waals surface area contributed by atoms with Gasteiger partial charge in [0.15, 0.2) is 12.4 Å². The van der Waals surface area contributed by atoms with Crippen LogP contribution in [0.3, 0.4) is 0 Å². The Morgan fingerprint density at radius 2 is 1.59 bits per heavy atom. The first-order chi connectivity index (χ1) is 18.6. The number of rotatable bonds is 7. The van der Waals surface area contributed by atoms with Crippen LogP contribution >= 0.6 is 46.4 Å². The molecular formula is C26H17Cl4N3O6. The van der Waals surface area contributed by atoms with E-state index in [2.05, 4.69) is 10.6 Å². The van der Waals surface area contributed by atoms with E-state index in [1.165, 1.54) is 49.6 Å². The van der Waals surface area contributed by atoms with Crippen molar-refractivity contribution in [1.82, 2.24) is 5.32 Å². The molecule has 1 aliphatic rings. The van der Waals surface area contributed by atoms with Crippen LogP contribution in [0.4, 0.5) is 16.2 Å². The highest BCUT2D eigenvalue weighted by Crippen LogP contribution is 2.35. The van der Waals surface area contributed by atoms with E-state index in [9.17, 15) is 19.2 Å². The van der Waals surface area contributed by atoms with Crippen LogP contribution < -0.4 is 25.0 Å². The minimum atomic E-state index is -0.897. The Hall–Kier alpha value is -3.76. The molecule has 1 aliphatic heterocycles. The van der Waals surface area contributed by atoms with E-state index in [1.807, 2.05) is 0 Å². The number of carbonyl (C=O) groups is 4. The van der Waals surface area contributed by atoms with Crippen LogP contribution in [0.15, 0.2) is 60.2 Å². The van der Waals surface area contributed by atoms with Gasteiger partial charge in [-0.2, -0.15) is 0 Å². The Balaban J connectivity index is 1.51. The van der Waals surface area contributed by atoms with Gasteiger partial charge in [0.1, 0.15) is 11.3 Å². The molecule has 1 saturated heterocycles. The number of ether oxygens (including phenoxy) is 2. The number of nitrogens with zero attached hydrogens (tertiary/aromatic N) is 1. The summed E-state index contributed by atoms with van der Waals surface area (Å²) in [6.45, 7) is -0.431. The van der Waals surface area contributed by atoms with Crippen molar-refractivity contribution in [3.8, 4) is 11.5 Å². The predicted molar refractivity (Wildman–Crippen MR) is 149 cm³/mol. The summed E-state index contributed by atoms with van der Waals surface area (Å²) in [4.78, 5) is 51.1. The third kappa shape index (κ3) is 6.46. The molecule has 5 amide bonds. The number of imide groups is 2. The average Bonchev–Trinajstić information content (AvgIpc) is 2.88. The van der Waals surface area contributed by atoms with Crippen LogP contribution in [0.5, 0.6) is 11.5 Å². The zero-order chi connectivity index (χ0) is 28.3. The van der Waals surface area contributed by atoms with Crippen molar-refractivity contribution in [1.29, 1.82) is 0 Å². The van der Waals surface area contributed by atoms with Gasteiger partial charge in [-0.05, 0) is 66.2 Å². The molecule has 0 saturated carbocycles. The fraction of sp³-hybridized carbons (Fsp3) is 0.0769. The number of amides is 5. The molecule has 200 valence electrons. The Bertz CT molecular complexity index is 1500. The van der Waals surface area contributed by atoms with Crippen molar-refractivity contribution in [2.75, 3.05) is 23.9 Å². The first-order valence-electron chi connectivity index (χ1n) is 11.0. The summed E-state index contributed by atoms with van der Waals surface area (Å²) < 4.78 is 10.6. The normalized spacial score (nSPS) is 14.3. The van der Waals surface area contributed by atoms with Gasteiger partial charge in [0.2, 0.25) is 0 Å². The van der Waals surface area contributed by atoms with E-state index in [0.29, 0.717) is 16.5 Å². The summed E-state index contributed by atoms with van der Waals surface area (Å²) in [7, 11) is 1.48. The molecule has 2 N–H and O–H groups in total. The Labute approximate surface area is 242 Å². The standard InChI is InChI=1S/C26H17Cl4N3O6/c1-38-16-5-3-15(4-6-16)33-25(36)17(24(35)32-26(33)37)8-13-9-20(29)23(21(30)10-13)39-12-22(34)31-14-2-7-18(27)19(28)11-14/h2-11H,12H2,1H3,(H,31,34)(H,32,35,37)/b17-8+. The number of hydrogen-bond donors (Lipinski definition) is 2. The molecule has 0 aliphatic carbocycles. The zero-order valence-electron chi connectivity index (χ0n) is 19.9. The second kappa shape index (κ2) is 12.0. The lowest BCUT2D eigenvalue weighted by Crippen LogP contribution is -2.54. The number of carbonyl (C=O) groups excluding carboxylic acids is 4. The Morgan fingerprint density at radius 3 is 2.21 bits per heavy atom. The molecule has 0 atom stereocenters. The molecule has 0 unspecified atom stereocenters. The molecule has 0 spiro atoms. The highest BCUT2D eigenvalue weighted by molar-refractivity contribution is 6.42. The number of halogens is 4. The average molecular weight is 609 g/mol. The highest BCUT2D eigenvalue weighted by Gasteiger charge is 2.36. The van der Waals surface area contributed by atoms with Gasteiger partial charge in [-0.15, -0.1) is 0 Å². The molecule has 1 fully saturated rings. The maximum Gasteiger partial charge on any atom is 0.335 e. The van der Waals surface area contributed by atoms with E-state index in [4.69, 9.17) is 55.9 Å².